The zero-order valence-electron chi connectivity index (χ0n) is 18.5. The number of carbonyl (C=O) groups excluding carboxylic acids is 1. The Morgan fingerprint density at radius 3 is 2.42 bits per heavy atom. The van der Waals surface area contributed by atoms with Gasteiger partial charge in [0, 0.05) is 17.8 Å². The van der Waals surface area contributed by atoms with Gasteiger partial charge in [-0.05, 0) is 36.8 Å². The summed E-state index contributed by atoms with van der Waals surface area (Å²) in [4.78, 5) is 25.4. The van der Waals surface area contributed by atoms with E-state index in [1.54, 1.807) is 50.4 Å². The number of hydrogen-bond donors (Lipinski definition) is 1. The zero-order valence-corrected chi connectivity index (χ0v) is 18.5. The highest BCUT2D eigenvalue weighted by molar-refractivity contribution is 5.92. The van der Waals surface area contributed by atoms with Crippen molar-refractivity contribution in [2.24, 2.45) is 0 Å². The lowest BCUT2D eigenvalue weighted by Crippen LogP contribution is -2.20. The van der Waals surface area contributed by atoms with Crippen LogP contribution in [0.3, 0.4) is 0 Å². The van der Waals surface area contributed by atoms with Gasteiger partial charge in [-0.2, -0.15) is 0 Å². The molecule has 0 bridgehead atoms. The smallest absolute Gasteiger partial charge is 0.262 e. The van der Waals surface area contributed by atoms with Crippen LogP contribution in [0.2, 0.25) is 0 Å². The SMILES string of the molecule is COc1ccc(NC(=O)COc2ccc3c(=O)c(-c4ccccc4)c(C)oc3c2)cc1OC. The van der Waals surface area contributed by atoms with E-state index in [0.29, 0.717) is 45.2 Å². The maximum atomic E-state index is 13.0. The molecule has 0 radical (unpaired) electrons. The maximum Gasteiger partial charge on any atom is 0.262 e. The van der Waals surface area contributed by atoms with Gasteiger partial charge >= 0.3 is 0 Å². The minimum atomic E-state index is -0.348. The molecular formula is C26H23NO6. The minimum absolute atomic E-state index is 0.113. The Hall–Kier alpha value is -4.26. The van der Waals surface area contributed by atoms with Gasteiger partial charge in [-0.25, -0.2) is 0 Å². The van der Waals surface area contributed by atoms with Crippen LogP contribution < -0.4 is 25.0 Å². The normalized spacial score (nSPS) is 10.6. The molecule has 0 aliphatic rings. The van der Waals surface area contributed by atoms with Crippen molar-refractivity contribution >= 4 is 22.6 Å². The molecule has 0 atom stereocenters. The highest BCUT2D eigenvalue weighted by atomic mass is 16.5. The molecule has 7 nitrogen and oxygen atoms in total. The van der Waals surface area contributed by atoms with Gasteiger partial charge in [0.15, 0.2) is 18.1 Å². The van der Waals surface area contributed by atoms with Crippen LogP contribution in [0, 0.1) is 6.92 Å². The van der Waals surface area contributed by atoms with Crippen molar-refractivity contribution in [3.63, 3.8) is 0 Å². The van der Waals surface area contributed by atoms with E-state index in [1.807, 2.05) is 30.3 Å². The minimum Gasteiger partial charge on any atom is -0.493 e. The molecule has 168 valence electrons. The van der Waals surface area contributed by atoms with E-state index >= 15 is 0 Å². The zero-order chi connectivity index (χ0) is 23.4. The van der Waals surface area contributed by atoms with E-state index in [-0.39, 0.29) is 17.9 Å². The quantitative estimate of drug-likeness (QED) is 0.440. The van der Waals surface area contributed by atoms with E-state index in [1.165, 1.54) is 7.11 Å². The number of rotatable bonds is 7. The molecule has 1 aromatic heterocycles. The molecule has 0 spiro atoms. The number of methoxy groups -OCH3 is 2. The van der Waals surface area contributed by atoms with Crippen LogP contribution in [-0.2, 0) is 4.79 Å². The summed E-state index contributed by atoms with van der Waals surface area (Å²) in [6.45, 7) is 1.54. The monoisotopic (exact) mass is 445 g/mol. The van der Waals surface area contributed by atoms with Crippen molar-refractivity contribution in [1.29, 1.82) is 0 Å². The lowest BCUT2D eigenvalue weighted by Gasteiger charge is -2.11. The van der Waals surface area contributed by atoms with Gasteiger partial charge in [-0.3, -0.25) is 9.59 Å². The fourth-order valence-corrected chi connectivity index (χ4v) is 3.57. The first-order valence-electron chi connectivity index (χ1n) is 10.3. The number of carbonyl (C=O) groups is 1. The van der Waals surface area contributed by atoms with Gasteiger partial charge in [-0.15, -0.1) is 0 Å². The Balaban J connectivity index is 1.49. The number of benzene rings is 3. The Bertz CT molecular complexity index is 1360. The first-order chi connectivity index (χ1) is 16.0. The van der Waals surface area contributed by atoms with Gasteiger partial charge < -0.3 is 23.9 Å². The molecule has 3 aromatic carbocycles. The van der Waals surface area contributed by atoms with Gasteiger partial charge in [0.05, 0.1) is 25.2 Å². The van der Waals surface area contributed by atoms with Crippen LogP contribution >= 0.6 is 0 Å². The van der Waals surface area contributed by atoms with Crippen molar-refractivity contribution in [2.45, 2.75) is 6.92 Å². The second-order valence-corrected chi connectivity index (χ2v) is 7.29. The van der Waals surface area contributed by atoms with Crippen LogP contribution in [0.1, 0.15) is 5.76 Å². The number of hydrogen-bond acceptors (Lipinski definition) is 6. The van der Waals surface area contributed by atoms with Crippen LogP contribution in [-0.4, -0.2) is 26.7 Å². The van der Waals surface area contributed by atoms with Gasteiger partial charge in [0.2, 0.25) is 5.43 Å². The number of amides is 1. The summed E-state index contributed by atoms with van der Waals surface area (Å²) in [6.07, 6.45) is 0. The number of aryl methyl sites for hydroxylation is 1. The summed E-state index contributed by atoms with van der Waals surface area (Å²) in [7, 11) is 3.06. The molecule has 0 saturated carbocycles. The third-order valence-electron chi connectivity index (χ3n) is 5.14. The molecule has 4 aromatic rings. The van der Waals surface area contributed by atoms with E-state index in [9.17, 15) is 9.59 Å². The molecule has 1 N–H and O–H groups in total. The average molecular weight is 445 g/mol. The predicted molar refractivity (Wildman–Crippen MR) is 126 cm³/mol. The molecule has 33 heavy (non-hydrogen) atoms. The lowest BCUT2D eigenvalue weighted by molar-refractivity contribution is -0.118. The topological polar surface area (TPSA) is 87.0 Å². The molecule has 1 heterocycles. The Morgan fingerprint density at radius 1 is 0.939 bits per heavy atom. The largest absolute Gasteiger partial charge is 0.493 e. The summed E-state index contributed by atoms with van der Waals surface area (Å²) in [6, 6.07) is 19.4. The molecule has 0 unspecified atom stereocenters. The second-order valence-electron chi connectivity index (χ2n) is 7.29. The number of ether oxygens (including phenoxy) is 3. The molecule has 4 rings (SSSR count). The maximum absolute atomic E-state index is 13.0. The van der Waals surface area contributed by atoms with Crippen molar-refractivity contribution in [3.8, 4) is 28.4 Å². The third-order valence-corrected chi connectivity index (χ3v) is 5.14. The Kier molecular flexibility index (Phi) is 6.31. The van der Waals surface area contributed by atoms with Crippen LogP contribution in [0.15, 0.2) is 75.9 Å². The summed E-state index contributed by atoms with van der Waals surface area (Å²) in [5.74, 6) is 1.66. The van der Waals surface area contributed by atoms with Crippen molar-refractivity contribution in [3.05, 3.63) is 82.7 Å². The molecule has 0 aliphatic carbocycles. The van der Waals surface area contributed by atoms with Gasteiger partial charge in [-0.1, -0.05) is 30.3 Å². The lowest BCUT2D eigenvalue weighted by atomic mass is 10.0. The van der Waals surface area contributed by atoms with Gasteiger partial charge in [0.25, 0.3) is 5.91 Å². The number of nitrogens with one attached hydrogen (secondary N) is 1. The average Bonchev–Trinajstić information content (AvgIpc) is 2.83. The fraction of sp³-hybridized carbons (Fsp3) is 0.154. The number of anilines is 1. The van der Waals surface area contributed by atoms with Crippen molar-refractivity contribution in [2.75, 3.05) is 26.1 Å². The van der Waals surface area contributed by atoms with E-state index in [0.717, 1.165) is 5.56 Å². The van der Waals surface area contributed by atoms with E-state index in [4.69, 9.17) is 18.6 Å². The molecule has 0 aliphatic heterocycles. The summed E-state index contributed by atoms with van der Waals surface area (Å²) < 4.78 is 22.0. The predicted octanol–water partition coefficient (Wildman–Crippen LogP) is 4.80. The molecule has 0 fully saturated rings. The van der Waals surface area contributed by atoms with Crippen LogP contribution in [0.4, 0.5) is 5.69 Å². The highest BCUT2D eigenvalue weighted by Gasteiger charge is 2.14. The Labute approximate surface area is 190 Å². The second kappa shape index (κ2) is 9.48. The first kappa shape index (κ1) is 22.0. The van der Waals surface area contributed by atoms with Gasteiger partial charge in [0.1, 0.15) is 17.1 Å². The summed E-state index contributed by atoms with van der Waals surface area (Å²) >= 11 is 0. The van der Waals surface area contributed by atoms with Crippen LogP contribution in [0.5, 0.6) is 17.2 Å². The third kappa shape index (κ3) is 4.67. The van der Waals surface area contributed by atoms with Crippen molar-refractivity contribution < 1.29 is 23.4 Å². The highest BCUT2D eigenvalue weighted by Crippen LogP contribution is 2.30. The molecule has 0 saturated heterocycles. The molecule has 7 heteroatoms. The summed E-state index contributed by atoms with van der Waals surface area (Å²) in [5.41, 5.74) is 2.17. The van der Waals surface area contributed by atoms with Crippen molar-refractivity contribution in [1.82, 2.24) is 0 Å². The van der Waals surface area contributed by atoms with Crippen LogP contribution in [0.25, 0.3) is 22.1 Å². The summed E-state index contributed by atoms with van der Waals surface area (Å²) in [5, 5.41) is 3.19. The molecular weight excluding hydrogens is 422 g/mol. The number of fused-ring (bicyclic) bond motifs is 1. The molecule has 1 amide bonds. The fourth-order valence-electron chi connectivity index (χ4n) is 3.57. The van der Waals surface area contributed by atoms with E-state index < -0.39 is 0 Å². The first-order valence-corrected chi connectivity index (χ1v) is 10.3. The standard InChI is InChI=1S/C26H23NO6/c1-16-25(17-7-5-4-6-8-17)26(29)20-11-10-19(14-22(20)33-16)32-15-24(28)27-18-9-12-21(30-2)23(13-18)31-3/h4-14H,15H2,1-3H3,(H,27,28). The van der Waals surface area contributed by atoms with E-state index in [2.05, 4.69) is 5.32 Å². The Morgan fingerprint density at radius 2 is 1.70 bits per heavy atom.